The smallest absolute Gasteiger partial charge is 0.263 e. The average Bonchev–Trinajstić information content (AvgIpc) is 3.06. The zero-order chi connectivity index (χ0) is 28.9. The highest BCUT2D eigenvalue weighted by atomic mass is 35.5. The van der Waals surface area contributed by atoms with E-state index in [1.807, 2.05) is 32.0 Å². The molecule has 7 atom stereocenters. The second-order valence-corrected chi connectivity index (χ2v) is 15.4. The lowest BCUT2D eigenvalue weighted by molar-refractivity contribution is -0.0746. The molecule has 222 valence electrons. The van der Waals surface area contributed by atoms with Crippen LogP contribution >= 0.6 is 11.6 Å². The van der Waals surface area contributed by atoms with Crippen LogP contribution in [0.15, 0.2) is 36.4 Å². The molecule has 2 aromatic carbocycles. The Balaban J connectivity index is 1.41. The van der Waals surface area contributed by atoms with Crippen molar-refractivity contribution in [3.05, 3.63) is 58.1 Å². The largest absolute Gasteiger partial charge is 0.490 e. The van der Waals surface area contributed by atoms with Gasteiger partial charge in [-0.15, -0.1) is 0 Å². The van der Waals surface area contributed by atoms with Crippen molar-refractivity contribution in [2.45, 2.75) is 88.4 Å². The third-order valence-electron chi connectivity index (χ3n) is 10.6. The quantitative estimate of drug-likeness (QED) is 0.378. The van der Waals surface area contributed by atoms with E-state index in [1.54, 1.807) is 6.07 Å². The number of fused-ring (bicyclic) bond motifs is 4. The van der Waals surface area contributed by atoms with Crippen LogP contribution in [-0.2, 0) is 22.8 Å². The Bertz CT molecular complexity index is 1350. The summed E-state index contributed by atoms with van der Waals surface area (Å²) in [6, 6.07) is 11.9. The maximum Gasteiger partial charge on any atom is 0.263 e. The van der Waals surface area contributed by atoms with Crippen LogP contribution in [0.3, 0.4) is 0 Å². The van der Waals surface area contributed by atoms with Crippen LogP contribution in [0.25, 0.3) is 0 Å². The molecule has 0 aromatic heterocycles. The summed E-state index contributed by atoms with van der Waals surface area (Å²) in [5, 5.41) is 12.2. The fourth-order valence-corrected chi connectivity index (χ4v) is 9.04. The van der Waals surface area contributed by atoms with Gasteiger partial charge in [0.25, 0.3) is 5.91 Å². The zero-order valence-electron chi connectivity index (χ0n) is 24.5. The van der Waals surface area contributed by atoms with Gasteiger partial charge in [-0.25, -0.2) is 4.21 Å². The molecule has 0 saturated heterocycles. The molecule has 41 heavy (non-hydrogen) atoms. The number of nitrogens with one attached hydrogen (secondary N) is 1. The Kier molecular flexibility index (Phi) is 7.92. The van der Waals surface area contributed by atoms with Crippen LogP contribution in [0.1, 0.15) is 87.2 Å². The van der Waals surface area contributed by atoms with E-state index in [0.717, 1.165) is 80.9 Å². The molecule has 5 unspecified atom stereocenters. The monoisotopic (exact) mass is 598 g/mol. The molecule has 2 N–H and O–H groups in total. The van der Waals surface area contributed by atoms with Crippen molar-refractivity contribution in [2.24, 2.45) is 17.8 Å². The minimum absolute atomic E-state index is 0.164. The van der Waals surface area contributed by atoms with Gasteiger partial charge in [0.15, 0.2) is 0 Å². The standard InChI is InChI=1S/C33H43ClN2O4S/c1-21-6-4-14-32(3,38)27-11-8-25(27)18-36-19-33(15-5-7-23-16-26(34)10-12-28(23)33)20-40-30-13-9-24(17-29(30)36)31(37)35-41(39)22(21)2/h9-10,12-13,16-17,21-22,25,27,38H,4-8,11,14-15,18-20H2,1-3H3,(H,35,37)/t21?,22?,25?,27?,32-,33+,41?/m1/s1. The second kappa shape index (κ2) is 11.2. The fraction of sp³-hybridized carbons (Fsp3) is 0.606. The zero-order valence-corrected chi connectivity index (χ0v) is 26.0. The molecule has 2 aromatic rings. The summed E-state index contributed by atoms with van der Waals surface area (Å²) in [6.07, 6.45) is 7.67. The normalized spacial score (nSPS) is 35.8. The first kappa shape index (κ1) is 29.0. The third kappa shape index (κ3) is 5.54. The summed E-state index contributed by atoms with van der Waals surface area (Å²) in [6.45, 7) is 8.16. The molecule has 6 rings (SSSR count). The van der Waals surface area contributed by atoms with Crippen molar-refractivity contribution in [3.63, 3.8) is 0 Å². The molecular weight excluding hydrogens is 556 g/mol. The van der Waals surface area contributed by atoms with Gasteiger partial charge in [0.1, 0.15) is 16.7 Å². The lowest BCUT2D eigenvalue weighted by atomic mass is 9.63. The fourth-order valence-electron chi connectivity index (χ4n) is 7.80. The molecule has 1 saturated carbocycles. The van der Waals surface area contributed by atoms with Crippen LogP contribution in [0.4, 0.5) is 5.69 Å². The van der Waals surface area contributed by atoms with Crippen molar-refractivity contribution in [2.75, 3.05) is 24.6 Å². The summed E-state index contributed by atoms with van der Waals surface area (Å²) >= 11 is 6.41. The van der Waals surface area contributed by atoms with E-state index in [9.17, 15) is 14.1 Å². The summed E-state index contributed by atoms with van der Waals surface area (Å²) < 4.78 is 22.5. The SMILES string of the molecule is CC1CCC[C@@](C)(O)C2CCC2CN2C[C@@]3(CCCc4cc(Cl)ccc43)COc3ccc(cc32)C(=O)NS(=O)C1C. The maximum absolute atomic E-state index is 13.3. The summed E-state index contributed by atoms with van der Waals surface area (Å²) in [7, 11) is -1.51. The molecule has 6 nitrogen and oxygen atoms in total. The first-order valence-corrected chi connectivity index (χ1v) is 16.9. The molecule has 0 radical (unpaired) electrons. The number of aliphatic hydroxyl groups is 1. The van der Waals surface area contributed by atoms with Gasteiger partial charge >= 0.3 is 0 Å². The minimum atomic E-state index is -1.51. The Morgan fingerprint density at radius 2 is 1.93 bits per heavy atom. The molecule has 1 spiro atoms. The van der Waals surface area contributed by atoms with E-state index in [2.05, 4.69) is 28.7 Å². The third-order valence-corrected chi connectivity index (χ3v) is 12.4. The lowest BCUT2D eigenvalue weighted by Crippen LogP contribution is -2.52. The van der Waals surface area contributed by atoms with E-state index < -0.39 is 16.6 Å². The Labute approximate surface area is 251 Å². The summed E-state index contributed by atoms with van der Waals surface area (Å²) in [4.78, 5) is 15.8. The molecule has 2 heterocycles. The van der Waals surface area contributed by atoms with E-state index in [0.29, 0.717) is 18.1 Å². The van der Waals surface area contributed by atoms with Crippen LogP contribution in [0, 0.1) is 17.8 Å². The predicted molar refractivity (Wildman–Crippen MR) is 165 cm³/mol. The van der Waals surface area contributed by atoms with E-state index in [1.165, 1.54) is 11.1 Å². The lowest BCUT2D eigenvalue weighted by Gasteiger charge is -2.49. The maximum atomic E-state index is 13.3. The van der Waals surface area contributed by atoms with Gasteiger partial charge in [0, 0.05) is 29.1 Å². The van der Waals surface area contributed by atoms with Crippen LogP contribution in [0.5, 0.6) is 5.75 Å². The highest BCUT2D eigenvalue weighted by Crippen LogP contribution is 2.48. The Morgan fingerprint density at radius 1 is 1.10 bits per heavy atom. The topological polar surface area (TPSA) is 78.9 Å². The van der Waals surface area contributed by atoms with Crippen molar-refractivity contribution in [1.29, 1.82) is 0 Å². The number of amides is 1. The molecule has 1 fully saturated rings. The highest BCUT2D eigenvalue weighted by Gasteiger charge is 2.47. The first-order chi connectivity index (χ1) is 19.6. The summed E-state index contributed by atoms with van der Waals surface area (Å²) in [5.41, 5.74) is 3.05. The highest BCUT2D eigenvalue weighted by molar-refractivity contribution is 7.84. The van der Waals surface area contributed by atoms with E-state index in [-0.39, 0.29) is 28.4 Å². The number of nitrogens with zero attached hydrogens (tertiary/aromatic N) is 1. The first-order valence-electron chi connectivity index (χ1n) is 15.3. The number of carbonyl (C=O) groups is 1. The van der Waals surface area contributed by atoms with Crippen molar-refractivity contribution in [1.82, 2.24) is 4.72 Å². The van der Waals surface area contributed by atoms with Crippen molar-refractivity contribution in [3.8, 4) is 5.75 Å². The van der Waals surface area contributed by atoms with Crippen LogP contribution in [-0.4, -0.2) is 45.8 Å². The number of benzene rings is 2. The van der Waals surface area contributed by atoms with Gasteiger partial charge in [0.2, 0.25) is 0 Å². The van der Waals surface area contributed by atoms with Crippen LogP contribution < -0.4 is 14.4 Å². The predicted octanol–water partition coefficient (Wildman–Crippen LogP) is 6.19. The number of halogens is 1. The summed E-state index contributed by atoms with van der Waals surface area (Å²) in [5.74, 6) is 1.20. The van der Waals surface area contributed by atoms with Gasteiger partial charge in [-0.3, -0.25) is 9.52 Å². The second-order valence-electron chi connectivity index (χ2n) is 13.4. The molecule has 2 aliphatic heterocycles. The van der Waals surface area contributed by atoms with Crippen molar-refractivity contribution >= 4 is 34.2 Å². The van der Waals surface area contributed by atoms with Gasteiger partial charge in [-0.1, -0.05) is 31.0 Å². The van der Waals surface area contributed by atoms with E-state index >= 15 is 0 Å². The van der Waals surface area contributed by atoms with E-state index in [4.69, 9.17) is 16.3 Å². The van der Waals surface area contributed by atoms with Crippen molar-refractivity contribution < 1.29 is 18.8 Å². The van der Waals surface area contributed by atoms with Crippen LogP contribution in [0.2, 0.25) is 5.02 Å². The van der Waals surface area contributed by atoms with Gasteiger partial charge in [0.05, 0.1) is 23.1 Å². The molecular formula is C33H43ClN2O4S. The molecule has 2 bridgehead atoms. The molecule has 2 aliphatic carbocycles. The van der Waals surface area contributed by atoms with Gasteiger partial charge in [-0.2, -0.15) is 0 Å². The number of anilines is 1. The van der Waals surface area contributed by atoms with Gasteiger partial charge in [-0.05, 0) is 118 Å². The van der Waals surface area contributed by atoms with Gasteiger partial charge < -0.3 is 14.7 Å². The number of hydrogen-bond donors (Lipinski definition) is 2. The Hall–Kier alpha value is -2.09. The number of carbonyl (C=O) groups excluding carboxylic acids is 1. The average molecular weight is 599 g/mol. The number of aryl methyl sites for hydroxylation is 1. The molecule has 4 aliphatic rings. The number of hydrogen-bond acceptors (Lipinski definition) is 5. The number of ether oxygens (including phenoxy) is 1. The molecule has 1 amide bonds. The minimum Gasteiger partial charge on any atom is -0.490 e. The molecule has 8 heteroatoms. The Morgan fingerprint density at radius 3 is 2.71 bits per heavy atom. The number of rotatable bonds is 0.